The van der Waals surface area contributed by atoms with E-state index in [1.54, 1.807) is 0 Å². The van der Waals surface area contributed by atoms with Gasteiger partial charge in [-0.25, -0.2) is 0 Å². The molecule has 1 N–H and O–H groups in total. The number of benzene rings is 2. The molecule has 0 aliphatic heterocycles. The van der Waals surface area contributed by atoms with Crippen LogP contribution in [0.4, 0.5) is 0 Å². The minimum Gasteiger partial charge on any atom is -0.310 e. The Morgan fingerprint density at radius 3 is 2.57 bits per heavy atom. The SMILES string of the molecule is c1ccc(CCCSc2cccc(CNC3CC3)c2)cc1. The fourth-order valence-electron chi connectivity index (χ4n) is 2.41. The van der Waals surface area contributed by atoms with E-state index >= 15 is 0 Å². The fraction of sp³-hybridized carbons (Fsp3) is 0.368. The van der Waals surface area contributed by atoms with Gasteiger partial charge in [-0.2, -0.15) is 0 Å². The van der Waals surface area contributed by atoms with Gasteiger partial charge in [-0.15, -0.1) is 11.8 Å². The van der Waals surface area contributed by atoms with Crippen molar-refractivity contribution in [3.63, 3.8) is 0 Å². The van der Waals surface area contributed by atoms with Crippen LogP contribution in [0.2, 0.25) is 0 Å². The molecular weight excluding hydrogens is 274 g/mol. The van der Waals surface area contributed by atoms with E-state index in [0.717, 1.165) is 12.6 Å². The average Bonchev–Trinajstić information content (AvgIpc) is 3.35. The average molecular weight is 297 g/mol. The number of thioether (sulfide) groups is 1. The molecule has 0 spiro atoms. The Morgan fingerprint density at radius 1 is 0.952 bits per heavy atom. The lowest BCUT2D eigenvalue weighted by atomic mass is 10.1. The summed E-state index contributed by atoms with van der Waals surface area (Å²) in [6, 6.07) is 20.5. The summed E-state index contributed by atoms with van der Waals surface area (Å²) < 4.78 is 0. The van der Waals surface area contributed by atoms with E-state index in [-0.39, 0.29) is 0 Å². The van der Waals surface area contributed by atoms with Gasteiger partial charge in [0.05, 0.1) is 0 Å². The van der Waals surface area contributed by atoms with E-state index in [9.17, 15) is 0 Å². The van der Waals surface area contributed by atoms with Gasteiger partial charge in [0.15, 0.2) is 0 Å². The Balaban J connectivity index is 1.41. The molecule has 1 aliphatic rings. The molecule has 2 heteroatoms. The van der Waals surface area contributed by atoms with Crippen LogP contribution in [-0.4, -0.2) is 11.8 Å². The zero-order chi connectivity index (χ0) is 14.3. The van der Waals surface area contributed by atoms with E-state index in [2.05, 4.69) is 59.9 Å². The molecule has 2 aromatic rings. The second kappa shape index (κ2) is 7.67. The van der Waals surface area contributed by atoms with Crippen molar-refractivity contribution in [3.05, 3.63) is 65.7 Å². The zero-order valence-corrected chi connectivity index (χ0v) is 13.2. The lowest BCUT2D eigenvalue weighted by Crippen LogP contribution is -2.15. The van der Waals surface area contributed by atoms with E-state index in [0.29, 0.717) is 0 Å². The van der Waals surface area contributed by atoms with Crippen LogP contribution in [0.15, 0.2) is 59.5 Å². The van der Waals surface area contributed by atoms with Crippen molar-refractivity contribution in [1.82, 2.24) is 5.32 Å². The number of hydrogen-bond acceptors (Lipinski definition) is 2. The second-order valence-electron chi connectivity index (χ2n) is 5.74. The summed E-state index contributed by atoms with van der Waals surface area (Å²) in [6.45, 7) is 1.02. The van der Waals surface area contributed by atoms with Crippen LogP contribution in [0.3, 0.4) is 0 Å². The van der Waals surface area contributed by atoms with Gasteiger partial charge < -0.3 is 5.32 Å². The molecule has 1 saturated carbocycles. The van der Waals surface area contributed by atoms with Gasteiger partial charge in [0, 0.05) is 17.5 Å². The molecule has 0 bridgehead atoms. The maximum atomic E-state index is 3.58. The van der Waals surface area contributed by atoms with Crippen molar-refractivity contribution in [3.8, 4) is 0 Å². The van der Waals surface area contributed by atoms with Gasteiger partial charge >= 0.3 is 0 Å². The summed E-state index contributed by atoms with van der Waals surface area (Å²) in [5, 5.41) is 3.58. The Kier molecular flexibility index (Phi) is 5.36. The fourth-order valence-corrected chi connectivity index (χ4v) is 3.34. The first kappa shape index (κ1) is 14.7. The topological polar surface area (TPSA) is 12.0 Å². The summed E-state index contributed by atoms with van der Waals surface area (Å²) in [5.74, 6) is 1.19. The molecule has 1 nitrogen and oxygen atoms in total. The Bertz CT molecular complexity index is 549. The first-order chi connectivity index (χ1) is 10.4. The van der Waals surface area contributed by atoms with Gasteiger partial charge in [0.2, 0.25) is 0 Å². The minimum absolute atomic E-state index is 0.784. The van der Waals surface area contributed by atoms with Crippen molar-refractivity contribution >= 4 is 11.8 Å². The summed E-state index contributed by atoms with van der Waals surface area (Å²) in [4.78, 5) is 1.40. The van der Waals surface area contributed by atoms with Crippen molar-refractivity contribution in [2.75, 3.05) is 5.75 Å². The van der Waals surface area contributed by atoms with Gasteiger partial charge in [-0.05, 0) is 54.7 Å². The number of nitrogens with one attached hydrogen (secondary N) is 1. The van der Waals surface area contributed by atoms with Crippen molar-refractivity contribution in [2.24, 2.45) is 0 Å². The smallest absolute Gasteiger partial charge is 0.0208 e. The highest BCUT2D eigenvalue weighted by Gasteiger charge is 2.19. The molecule has 0 atom stereocenters. The highest BCUT2D eigenvalue weighted by molar-refractivity contribution is 7.99. The maximum Gasteiger partial charge on any atom is 0.0208 e. The van der Waals surface area contributed by atoms with Crippen LogP contribution in [0, 0.1) is 0 Å². The Labute approximate surface area is 132 Å². The summed E-state index contributed by atoms with van der Waals surface area (Å²) in [6.07, 6.45) is 5.12. The minimum atomic E-state index is 0.784. The molecule has 2 aromatic carbocycles. The highest BCUT2D eigenvalue weighted by atomic mass is 32.2. The van der Waals surface area contributed by atoms with Crippen LogP contribution >= 0.6 is 11.8 Å². The molecule has 1 fully saturated rings. The third-order valence-electron chi connectivity index (χ3n) is 3.79. The summed E-state index contributed by atoms with van der Waals surface area (Å²) in [5.41, 5.74) is 2.86. The zero-order valence-electron chi connectivity index (χ0n) is 12.4. The lowest BCUT2D eigenvalue weighted by Gasteiger charge is -2.06. The quantitative estimate of drug-likeness (QED) is 0.561. The third kappa shape index (κ3) is 5.22. The Hall–Kier alpha value is -1.25. The highest BCUT2D eigenvalue weighted by Crippen LogP contribution is 2.22. The first-order valence-corrected chi connectivity index (χ1v) is 8.88. The molecule has 0 unspecified atom stereocenters. The molecule has 0 amide bonds. The Morgan fingerprint density at radius 2 is 1.76 bits per heavy atom. The van der Waals surface area contributed by atoms with Gasteiger partial charge in [-0.3, -0.25) is 0 Å². The molecular formula is C19H23NS. The molecule has 0 heterocycles. The number of hydrogen-bond donors (Lipinski definition) is 1. The van der Waals surface area contributed by atoms with Gasteiger partial charge in [0.1, 0.15) is 0 Å². The summed E-state index contributed by atoms with van der Waals surface area (Å²) in [7, 11) is 0. The van der Waals surface area contributed by atoms with Crippen LogP contribution in [0.25, 0.3) is 0 Å². The summed E-state index contributed by atoms with van der Waals surface area (Å²) >= 11 is 1.98. The number of aryl methyl sites for hydroxylation is 1. The largest absolute Gasteiger partial charge is 0.310 e. The van der Waals surface area contributed by atoms with Gasteiger partial charge in [0.25, 0.3) is 0 Å². The predicted octanol–water partition coefficient (Wildman–Crippen LogP) is 4.66. The molecule has 110 valence electrons. The second-order valence-corrected chi connectivity index (χ2v) is 6.91. The van der Waals surface area contributed by atoms with Crippen LogP contribution < -0.4 is 5.32 Å². The van der Waals surface area contributed by atoms with Crippen molar-refractivity contribution < 1.29 is 0 Å². The van der Waals surface area contributed by atoms with E-state index in [1.165, 1.54) is 47.5 Å². The van der Waals surface area contributed by atoms with Crippen molar-refractivity contribution in [1.29, 1.82) is 0 Å². The lowest BCUT2D eigenvalue weighted by molar-refractivity contribution is 0.687. The van der Waals surface area contributed by atoms with Crippen LogP contribution in [0.1, 0.15) is 30.4 Å². The molecule has 1 aliphatic carbocycles. The first-order valence-electron chi connectivity index (χ1n) is 7.89. The normalized spacial score (nSPS) is 14.3. The van der Waals surface area contributed by atoms with Crippen LogP contribution in [-0.2, 0) is 13.0 Å². The standard InChI is InChI=1S/C19H23NS/c1-2-6-16(7-3-1)9-5-13-21-19-10-4-8-17(14-19)15-20-18-11-12-18/h1-4,6-8,10,14,18,20H,5,9,11-13,15H2. The molecule has 0 radical (unpaired) electrons. The molecule has 0 saturated heterocycles. The van der Waals surface area contributed by atoms with E-state index < -0.39 is 0 Å². The van der Waals surface area contributed by atoms with E-state index in [4.69, 9.17) is 0 Å². The van der Waals surface area contributed by atoms with E-state index in [1.807, 2.05) is 11.8 Å². The monoisotopic (exact) mass is 297 g/mol. The molecule has 3 rings (SSSR count). The maximum absolute atomic E-state index is 3.58. The van der Waals surface area contributed by atoms with Crippen LogP contribution in [0.5, 0.6) is 0 Å². The number of rotatable bonds is 8. The third-order valence-corrected chi connectivity index (χ3v) is 4.87. The van der Waals surface area contributed by atoms with Gasteiger partial charge in [-0.1, -0.05) is 42.5 Å². The predicted molar refractivity (Wildman–Crippen MR) is 91.8 cm³/mol. The molecule has 21 heavy (non-hydrogen) atoms. The molecule has 0 aromatic heterocycles. The van der Waals surface area contributed by atoms with Crippen molar-refractivity contribution in [2.45, 2.75) is 43.2 Å².